The van der Waals surface area contributed by atoms with Gasteiger partial charge in [-0.3, -0.25) is 4.79 Å². The van der Waals surface area contributed by atoms with Crippen LogP contribution in [0.3, 0.4) is 0 Å². The minimum absolute atomic E-state index is 0.0297. The average Bonchev–Trinajstić information content (AvgIpc) is 3.31. The molecule has 3 nitrogen and oxygen atoms in total. The molecule has 1 saturated carbocycles. The van der Waals surface area contributed by atoms with Crippen molar-refractivity contribution >= 4 is 23.2 Å². The molecule has 1 amide bonds. The standard InChI is InChI=1S/C19H18ClNO2/c1-3-13-12-19(13,14-7-9-15(20)10-8-14)18(22)21-16-5-4-6-17(11-16)23-2/h3-11,13H,1,12H2,2H3,(H,21,22). The maximum Gasteiger partial charge on any atom is 0.235 e. The molecule has 118 valence electrons. The van der Waals surface area contributed by atoms with Gasteiger partial charge < -0.3 is 10.1 Å². The van der Waals surface area contributed by atoms with Crippen molar-refractivity contribution in [1.82, 2.24) is 0 Å². The fourth-order valence-corrected chi connectivity index (χ4v) is 3.11. The number of methoxy groups -OCH3 is 1. The highest BCUT2D eigenvalue weighted by Crippen LogP contribution is 2.55. The lowest BCUT2D eigenvalue weighted by Gasteiger charge is -2.18. The van der Waals surface area contributed by atoms with Gasteiger partial charge in [-0.2, -0.15) is 0 Å². The molecular weight excluding hydrogens is 310 g/mol. The molecule has 1 N–H and O–H groups in total. The molecule has 0 radical (unpaired) electrons. The Hall–Kier alpha value is -2.26. The third-order valence-corrected chi connectivity index (χ3v) is 4.64. The summed E-state index contributed by atoms with van der Waals surface area (Å²) in [6.07, 6.45) is 2.60. The van der Waals surface area contributed by atoms with E-state index in [9.17, 15) is 4.79 Å². The van der Waals surface area contributed by atoms with Crippen molar-refractivity contribution in [2.75, 3.05) is 12.4 Å². The molecule has 23 heavy (non-hydrogen) atoms. The highest BCUT2D eigenvalue weighted by Gasteiger charge is 2.59. The smallest absolute Gasteiger partial charge is 0.235 e. The molecule has 1 aliphatic rings. The molecule has 3 rings (SSSR count). The molecule has 4 heteroatoms. The van der Waals surface area contributed by atoms with Gasteiger partial charge in [0.05, 0.1) is 12.5 Å². The van der Waals surface area contributed by atoms with Crippen molar-refractivity contribution in [2.24, 2.45) is 5.92 Å². The number of hydrogen-bond donors (Lipinski definition) is 1. The van der Waals surface area contributed by atoms with Crippen LogP contribution in [0, 0.1) is 5.92 Å². The fraction of sp³-hybridized carbons (Fsp3) is 0.211. The maximum absolute atomic E-state index is 12.9. The number of hydrogen-bond acceptors (Lipinski definition) is 2. The van der Waals surface area contributed by atoms with Crippen LogP contribution in [-0.4, -0.2) is 13.0 Å². The number of ether oxygens (including phenoxy) is 1. The monoisotopic (exact) mass is 327 g/mol. The SMILES string of the molecule is C=CC1CC1(C(=O)Nc1cccc(OC)c1)c1ccc(Cl)cc1. The van der Waals surface area contributed by atoms with Crippen molar-refractivity contribution in [3.63, 3.8) is 0 Å². The average molecular weight is 328 g/mol. The lowest BCUT2D eigenvalue weighted by Crippen LogP contribution is -2.29. The van der Waals surface area contributed by atoms with Gasteiger partial charge in [0, 0.05) is 16.8 Å². The lowest BCUT2D eigenvalue weighted by atomic mass is 9.92. The van der Waals surface area contributed by atoms with Crippen LogP contribution in [-0.2, 0) is 10.2 Å². The minimum Gasteiger partial charge on any atom is -0.497 e. The van der Waals surface area contributed by atoms with Gasteiger partial charge in [0.25, 0.3) is 0 Å². The van der Waals surface area contributed by atoms with Gasteiger partial charge in [-0.15, -0.1) is 6.58 Å². The van der Waals surface area contributed by atoms with E-state index in [1.807, 2.05) is 48.5 Å². The van der Waals surface area contributed by atoms with Crippen molar-refractivity contribution < 1.29 is 9.53 Å². The summed E-state index contributed by atoms with van der Waals surface area (Å²) in [5.41, 5.74) is 1.12. The van der Waals surface area contributed by atoms with E-state index in [2.05, 4.69) is 11.9 Å². The molecule has 0 heterocycles. The molecule has 0 spiro atoms. The second-order valence-corrected chi connectivity index (χ2v) is 6.15. The van der Waals surface area contributed by atoms with Gasteiger partial charge in [-0.05, 0) is 42.2 Å². The molecule has 2 aromatic carbocycles. The summed E-state index contributed by atoms with van der Waals surface area (Å²) >= 11 is 5.96. The number of carbonyl (C=O) groups is 1. The Morgan fingerprint density at radius 3 is 2.70 bits per heavy atom. The predicted molar refractivity (Wildman–Crippen MR) is 93.1 cm³/mol. The van der Waals surface area contributed by atoms with Crippen LogP contribution in [0.15, 0.2) is 61.2 Å². The first-order chi connectivity index (χ1) is 11.1. The van der Waals surface area contributed by atoms with Crippen LogP contribution in [0.5, 0.6) is 5.75 Å². The summed E-state index contributed by atoms with van der Waals surface area (Å²) < 4.78 is 5.20. The molecule has 0 aromatic heterocycles. The zero-order valence-electron chi connectivity index (χ0n) is 12.9. The Labute approximate surface area is 140 Å². The maximum atomic E-state index is 12.9. The van der Waals surface area contributed by atoms with E-state index in [-0.39, 0.29) is 11.8 Å². The Balaban J connectivity index is 1.88. The Morgan fingerprint density at radius 1 is 1.35 bits per heavy atom. The molecule has 1 fully saturated rings. The van der Waals surface area contributed by atoms with Gasteiger partial charge in [0.2, 0.25) is 5.91 Å². The normalized spacial score (nSPS) is 22.3. The molecular formula is C19H18ClNO2. The van der Waals surface area contributed by atoms with Gasteiger partial charge in [0.15, 0.2) is 0 Å². The van der Waals surface area contributed by atoms with E-state index in [1.165, 1.54) is 0 Å². The zero-order chi connectivity index (χ0) is 16.4. The van der Waals surface area contributed by atoms with Gasteiger partial charge >= 0.3 is 0 Å². The number of anilines is 1. The Kier molecular flexibility index (Phi) is 4.14. The van der Waals surface area contributed by atoms with E-state index in [0.717, 1.165) is 17.7 Å². The summed E-state index contributed by atoms with van der Waals surface area (Å²) in [6.45, 7) is 3.85. The lowest BCUT2D eigenvalue weighted by molar-refractivity contribution is -0.118. The molecule has 0 aliphatic heterocycles. The number of amides is 1. The van der Waals surface area contributed by atoms with Crippen molar-refractivity contribution in [3.05, 3.63) is 71.8 Å². The Bertz CT molecular complexity index is 741. The van der Waals surface area contributed by atoms with Crippen molar-refractivity contribution in [2.45, 2.75) is 11.8 Å². The minimum atomic E-state index is -0.560. The van der Waals surface area contributed by atoms with E-state index in [0.29, 0.717) is 10.8 Å². The van der Waals surface area contributed by atoms with Crippen LogP contribution >= 0.6 is 11.6 Å². The largest absolute Gasteiger partial charge is 0.497 e. The van der Waals surface area contributed by atoms with Gasteiger partial charge in [0.1, 0.15) is 5.75 Å². The van der Waals surface area contributed by atoms with Crippen molar-refractivity contribution in [1.29, 1.82) is 0 Å². The van der Waals surface area contributed by atoms with Crippen LogP contribution in [0.2, 0.25) is 5.02 Å². The molecule has 2 atom stereocenters. The highest BCUT2D eigenvalue weighted by molar-refractivity contribution is 6.30. The number of carbonyl (C=O) groups excluding carboxylic acids is 1. The zero-order valence-corrected chi connectivity index (χ0v) is 13.6. The summed E-state index contributed by atoms with van der Waals surface area (Å²) in [5.74, 6) is 0.812. The van der Waals surface area contributed by atoms with Crippen LogP contribution in [0.4, 0.5) is 5.69 Å². The molecule has 2 unspecified atom stereocenters. The predicted octanol–water partition coefficient (Wildman–Crippen LogP) is 4.43. The molecule has 0 bridgehead atoms. The van der Waals surface area contributed by atoms with Crippen molar-refractivity contribution in [3.8, 4) is 5.75 Å². The van der Waals surface area contributed by atoms with E-state index in [4.69, 9.17) is 16.3 Å². The number of rotatable bonds is 5. The Morgan fingerprint density at radius 2 is 2.09 bits per heavy atom. The number of halogens is 1. The van der Waals surface area contributed by atoms with Gasteiger partial charge in [-0.1, -0.05) is 35.9 Å². The molecule has 2 aromatic rings. The second kappa shape index (κ2) is 6.09. The molecule has 0 saturated heterocycles. The summed E-state index contributed by atoms with van der Waals surface area (Å²) in [5, 5.41) is 3.66. The topological polar surface area (TPSA) is 38.3 Å². The summed E-state index contributed by atoms with van der Waals surface area (Å²) in [7, 11) is 1.60. The highest BCUT2D eigenvalue weighted by atomic mass is 35.5. The number of nitrogens with one attached hydrogen (secondary N) is 1. The third-order valence-electron chi connectivity index (χ3n) is 4.39. The summed E-state index contributed by atoms with van der Waals surface area (Å²) in [4.78, 5) is 12.9. The van der Waals surface area contributed by atoms with Crippen LogP contribution in [0.25, 0.3) is 0 Å². The quantitative estimate of drug-likeness (QED) is 0.825. The molecule has 1 aliphatic carbocycles. The summed E-state index contributed by atoms with van der Waals surface area (Å²) in [6, 6.07) is 14.8. The van der Waals surface area contributed by atoms with Gasteiger partial charge in [-0.25, -0.2) is 0 Å². The number of benzene rings is 2. The van der Waals surface area contributed by atoms with E-state index in [1.54, 1.807) is 13.2 Å². The first-order valence-corrected chi connectivity index (χ1v) is 7.82. The fourth-order valence-electron chi connectivity index (χ4n) is 2.99. The van der Waals surface area contributed by atoms with E-state index < -0.39 is 5.41 Å². The second-order valence-electron chi connectivity index (χ2n) is 5.71. The van der Waals surface area contributed by atoms with Crippen LogP contribution < -0.4 is 10.1 Å². The number of allylic oxidation sites excluding steroid dienone is 1. The van der Waals surface area contributed by atoms with Crippen LogP contribution in [0.1, 0.15) is 12.0 Å². The van der Waals surface area contributed by atoms with E-state index >= 15 is 0 Å². The first kappa shape index (κ1) is 15.6. The first-order valence-electron chi connectivity index (χ1n) is 7.44. The third kappa shape index (κ3) is 2.84.